The fourth-order valence-electron chi connectivity index (χ4n) is 3.62. The summed E-state index contributed by atoms with van der Waals surface area (Å²) < 4.78 is 5.74. The van der Waals surface area contributed by atoms with Gasteiger partial charge in [0.15, 0.2) is 0 Å². The lowest BCUT2D eigenvalue weighted by atomic mass is 9.82. The first-order chi connectivity index (χ1) is 9.08. The van der Waals surface area contributed by atoms with Crippen molar-refractivity contribution in [3.8, 4) is 0 Å². The Bertz CT molecular complexity index is 315. The summed E-state index contributed by atoms with van der Waals surface area (Å²) in [4.78, 5) is 2.46. The number of piperidine rings is 1. The number of halogens is 2. The third kappa shape index (κ3) is 3.06. The fourth-order valence-corrected chi connectivity index (χ4v) is 4.24. The van der Waals surface area contributed by atoms with Gasteiger partial charge in [-0.05, 0) is 38.0 Å². The van der Waals surface area contributed by atoms with Gasteiger partial charge in [0.25, 0.3) is 0 Å². The number of ether oxygens (including phenoxy) is 1. The fraction of sp³-hybridized carbons (Fsp3) is 1.00. The maximum absolute atomic E-state index is 10.2. The van der Waals surface area contributed by atoms with E-state index >= 15 is 0 Å². The molecule has 0 aromatic rings. The molecule has 3 fully saturated rings. The Labute approximate surface area is 125 Å². The Morgan fingerprint density at radius 1 is 1.11 bits per heavy atom. The van der Waals surface area contributed by atoms with Crippen molar-refractivity contribution in [2.45, 2.75) is 54.6 Å². The summed E-state index contributed by atoms with van der Waals surface area (Å²) >= 11 is 12.4. The number of rotatable bonds is 2. The molecule has 4 unspecified atom stereocenters. The van der Waals surface area contributed by atoms with E-state index in [4.69, 9.17) is 27.9 Å². The molecule has 0 aromatic carbocycles. The van der Waals surface area contributed by atoms with Gasteiger partial charge < -0.3 is 14.7 Å². The van der Waals surface area contributed by atoms with E-state index in [9.17, 15) is 5.11 Å². The van der Waals surface area contributed by atoms with Gasteiger partial charge in [-0.1, -0.05) is 0 Å². The number of hydrogen-bond acceptors (Lipinski definition) is 3. The van der Waals surface area contributed by atoms with Crippen LogP contribution in [0.15, 0.2) is 0 Å². The van der Waals surface area contributed by atoms with Gasteiger partial charge in [-0.25, -0.2) is 0 Å². The highest BCUT2D eigenvalue weighted by Crippen LogP contribution is 2.38. The molecule has 0 aromatic heterocycles. The van der Waals surface area contributed by atoms with Crippen LogP contribution in [0.4, 0.5) is 0 Å². The van der Waals surface area contributed by atoms with Crippen LogP contribution in [0.3, 0.4) is 0 Å². The van der Waals surface area contributed by atoms with Crippen molar-refractivity contribution in [2.24, 2.45) is 5.92 Å². The number of hydrogen-bond donors (Lipinski definition) is 1. The maximum Gasteiger partial charge on any atom is 0.0728 e. The van der Waals surface area contributed by atoms with Crippen molar-refractivity contribution >= 4 is 23.2 Å². The molecule has 0 radical (unpaired) electrons. The van der Waals surface area contributed by atoms with Gasteiger partial charge in [0, 0.05) is 19.6 Å². The Balaban J connectivity index is 1.49. The molecule has 2 aliphatic heterocycles. The first kappa shape index (κ1) is 14.4. The molecular formula is C14H23Cl2NO2. The van der Waals surface area contributed by atoms with Crippen molar-refractivity contribution in [3.05, 3.63) is 0 Å². The van der Waals surface area contributed by atoms with Crippen molar-refractivity contribution in [2.75, 3.05) is 26.2 Å². The van der Waals surface area contributed by atoms with Crippen LogP contribution in [0.2, 0.25) is 0 Å². The predicted octanol–water partition coefficient (Wildman–Crippen LogP) is 2.23. The molecular weight excluding hydrogens is 285 g/mol. The van der Waals surface area contributed by atoms with Crippen LogP contribution >= 0.6 is 23.2 Å². The average molecular weight is 308 g/mol. The first-order valence-electron chi connectivity index (χ1n) is 7.40. The summed E-state index contributed by atoms with van der Waals surface area (Å²) in [6, 6.07) is 0. The van der Waals surface area contributed by atoms with Crippen LogP contribution in [-0.2, 0) is 4.74 Å². The van der Waals surface area contributed by atoms with Gasteiger partial charge in [-0.2, -0.15) is 0 Å². The highest BCUT2D eigenvalue weighted by Gasteiger charge is 2.42. The Morgan fingerprint density at radius 3 is 2.32 bits per heavy atom. The summed E-state index contributed by atoms with van der Waals surface area (Å²) in [6.45, 7) is 4.05. The molecule has 3 aliphatic rings. The summed E-state index contributed by atoms with van der Waals surface area (Å²) in [7, 11) is 0. The van der Waals surface area contributed by atoms with E-state index in [1.807, 2.05) is 0 Å². The molecule has 110 valence electrons. The second-order valence-corrected chi connectivity index (χ2v) is 7.53. The molecule has 19 heavy (non-hydrogen) atoms. The van der Waals surface area contributed by atoms with E-state index in [0.29, 0.717) is 6.42 Å². The summed E-state index contributed by atoms with van der Waals surface area (Å²) in [5.41, 5.74) is 0.206. The molecule has 3 rings (SSSR count). The van der Waals surface area contributed by atoms with Gasteiger partial charge in [-0.15, -0.1) is 23.2 Å². The quantitative estimate of drug-likeness (QED) is 0.794. The number of likely N-dealkylation sites (tertiary alicyclic amines) is 1. The molecule has 0 amide bonds. The molecule has 2 heterocycles. The molecule has 1 N–H and O–H groups in total. The lowest BCUT2D eigenvalue weighted by Gasteiger charge is -2.48. The second-order valence-electron chi connectivity index (χ2n) is 6.41. The zero-order chi connectivity index (χ0) is 13.5. The highest BCUT2D eigenvalue weighted by atomic mass is 35.5. The van der Waals surface area contributed by atoms with Crippen LogP contribution in [0, 0.1) is 5.92 Å². The number of aliphatic hydroxyl groups is 1. The summed E-state index contributed by atoms with van der Waals surface area (Å²) in [5, 5.41) is 10.1. The number of nitrogens with zero attached hydrogens (tertiary/aromatic N) is 1. The zero-order valence-electron chi connectivity index (χ0n) is 11.2. The normalized spacial score (nSPS) is 43.1. The standard InChI is InChI=1S/C14H23Cl2NO2/c15-11-7-10(13(18)8-12(11)16)9-17-4-1-14(2-5-17)3-6-19-14/h10-13,18H,1-9H2. The third-order valence-electron chi connectivity index (χ3n) is 5.16. The van der Waals surface area contributed by atoms with Crippen LogP contribution in [0.5, 0.6) is 0 Å². The van der Waals surface area contributed by atoms with Crippen molar-refractivity contribution in [3.63, 3.8) is 0 Å². The van der Waals surface area contributed by atoms with Gasteiger partial charge in [0.1, 0.15) is 0 Å². The molecule has 0 bridgehead atoms. The minimum absolute atomic E-state index is 0.00108. The minimum Gasteiger partial charge on any atom is -0.393 e. The maximum atomic E-state index is 10.2. The minimum atomic E-state index is -0.298. The lowest BCUT2D eigenvalue weighted by molar-refractivity contribution is -0.174. The van der Waals surface area contributed by atoms with E-state index < -0.39 is 0 Å². The molecule has 4 atom stereocenters. The lowest BCUT2D eigenvalue weighted by Crippen LogP contribution is -2.54. The number of alkyl halides is 2. The predicted molar refractivity (Wildman–Crippen MR) is 77.0 cm³/mol. The molecule has 1 aliphatic carbocycles. The monoisotopic (exact) mass is 307 g/mol. The Morgan fingerprint density at radius 2 is 1.74 bits per heavy atom. The van der Waals surface area contributed by atoms with Crippen molar-refractivity contribution < 1.29 is 9.84 Å². The summed E-state index contributed by atoms with van der Waals surface area (Å²) in [5.74, 6) is 0.272. The highest BCUT2D eigenvalue weighted by molar-refractivity contribution is 6.30. The van der Waals surface area contributed by atoms with E-state index in [1.165, 1.54) is 6.42 Å². The van der Waals surface area contributed by atoms with Crippen LogP contribution in [-0.4, -0.2) is 58.7 Å². The van der Waals surface area contributed by atoms with Crippen LogP contribution in [0.1, 0.15) is 32.1 Å². The smallest absolute Gasteiger partial charge is 0.0728 e. The third-order valence-corrected chi connectivity index (χ3v) is 6.25. The van der Waals surface area contributed by atoms with E-state index in [-0.39, 0.29) is 28.4 Å². The van der Waals surface area contributed by atoms with Crippen LogP contribution < -0.4 is 0 Å². The topological polar surface area (TPSA) is 32.7 Å². The molecule has 2 saturated heterocycles. The molecule has 5 heteroatoms. The van der Waals surface area contributed by atoms with Crippen LogP contribution in [0.25, 0.3) is 0 Å². The average Bonchev–Trinajstić information content (AvgIpc) is 2.35. The van der Waals surface area contributed by atoms with Crippen molar-refractivity contribution in [1.82, 2.24) is 4.90 Å². The molecule has 1 spiro atoms. The van der Waals surface area contributed by atoms with Gasteiger partial charge in [-0.3, -0.25) is 0 Å². The largest absolute Gasteiger partial charge is 0.393 e. The zero-order valence-corrected chi connectivity index (χ0v) is 12.7. The second kappa shape index (κ2) is 5.69. The van der Waals surface area contributed by atoms with Crippen molar-refractivity contribution in [1.29, 1.82) is 0 Å². The van der Waals surface area contributed by atoms with E-state index in [0.717, 1.165) is 45.5 Å². The van der Waals surface area contributed by atoms with Gasteiger partial charge in [0.05, 0.1) is 29.1 Å². The molecule has 3 nitrogen and oxygen atoms in total. The van der Waals surface area contributed by atoms with E-state index in [2.05, 4.69) is 4.90 Å². The first-order valence-corrected chi connectivity index (χ1v) is 8.28. The Kier molecular flexibility index (Phi) is 4.31. The number of aliphatic hydroxyl groups excluding tert-OH is 1. The van der Waals surface area contributed by atoms with E-state index in [1.54, 1.807) is 0 Å². The Hall–Kier alpha value is 0.460. The van der Waals surface area contributed by atoms with Gasteiger partial charge >= 0.3 is 0 Å². The SMILES string of the molecule is OC1CC(Cl)C(Cl)CC1CN1CCC2(CCO2)CC1. The van der Waals surface area contributed by atoms with Gasteiger partial charge in [0.2, 0.25) is 0 Å². The summed E-state index contributed by atoms with van der Waals surface area (Å²) in [6.07, 6.45) is 4.66. The molecule has 1 saturated carbocycles.